The summed E-state index contributed by atoms with van der Waals surface area (Å²) in [6.07, 6.45) is 11.5. The second-order valence-electron chi connectivity index (χ2n) is 6.62. The second kappa shape index (κ2) is 7.90. The van der Waals surface area contributed by atoms with Crippen molar-refractivity contribution in [2.75, 3.05) is 11.9 Å². The molecule has 6 heteroatoms. The van der Waals surface area contributed by atoms with Crippen molar-refractivity contribution in [1.29, 1.82) is 0 Å². The lowest BCUT2D eigenvalue weighted by Crippen LogP contribution is -2.47. The third kappa shape index (κ3) is 4.31. The zero-order chi connectivity index (χ0) is 16.1. The van der Waals surface area contributed by atoms with Gasteiger partial charge in [-0.05, 0) is 25.7 Å². The average Bonchev–Trinajstić information content (AvgIpc) is 3.26. The maximum absolute atomic E-state index is 12.9. The van der Waals surface area contributed by atoms with Crippen LogP contribution in [-0.4, -0.2) is 34.3 Å². The predicted molar refractivity (Wildman–Crippen MR) is 91.3 cm³/mol. The molecular weight excluding hydrogens is 310 g/mol. The number of hydrogen-bond acceptors (Lipinski definition) is 4. The molecule has 1 aromatic rings. The smallest absolute Gasteiger partial charge is 0.245 e. The van der Waals surface area contributed by atoms with Gasteiger partial charge in [-0.2, -0.15) is 0 Å². The van der Waals surface area contributed by atoms with E-state index in [0.717, 1.165) is 51.4 Å². The molecule has 1 heterocycles. The SMILES string of the molecule is O=C(CN(C(=O)C1CCCC1)C1CCCCC1)Nc1nccs1. The number of carbonyl (C=O) groups is 2. The van der Waals surface area contributed by atoms with Crippen molar-refractivity contribution in [2.45, 2.75) is 63.8 Å². The summed E-state index contributed by atoms with van der Waals surface area (Å²) in [5.41, 5.74) is 0. The maximum atomic E-state index is 12.9. The van der Waals surface area contributed by atoms with Gasteiger partial charge in [-0.15, -0.1) is 11.3 Å². The standard InChI is InChI=1S/C17H25N3O2S/c21-15(19-17-18-10-11-23-17)12-20(14-8-2-1-3-9-14)16(22)13-6-4-5-7-13/h10-11,13-14H,1-9,12H2,(H,18,19,21). The molecule has 2 aliphatic carbocycles. The molecule has 1 N–H and O–H groups in total. The number of anilines is 1. The van der Waals surface area contributed by atoms with Crippen molar-refractivity contribution in [3.8, 4) is 0 Å². The summed E-state index contributed by atoms with van der Waals surface area (Å²) in [7, 11) is 0. The molecule has 0 aromatic carbocycles. The van der Waals surface area contributed by atoms with Crippen LogP contribution in [0.2, 0.25) is 0 Å². The first-order chi connectivity index (χ1) is 11.2. The van der Waals surface area contributed by atoms with Gasteiger partial charge in [0.15, 0.2) is 5.13 Å². The van der Waals surface area contributed by atoms with E-state index in [9.17, 15) is 9.59 Å². The van der Waals surface area contributed by atoms with Gasteiger partial charge in [0.1, 0.15) is 6.54 Å². The number of hydrogen-bond donors (Lipinski definition) is 1. The maximum Gasteiger partial charge on any atom is 0.245 e. The predicted octanol–water partition coefficient (Wildman–Crippen LogP) is 3.43. The normalized spacial score (nSPS) is 19.7. The lowest BCUT2D eigenvalue weighted by molar-refractivity contribution is -0.141. The van der Waals surface area contributed by atoms with Crippen molar-refractivity contribution in [3.05, 3.63) is 11.6 Å². The number of carbonyl (C=O) groups excluding carboxylic acids is 2. The van der Waals surface area contributed by atoms with Crippen LogP contribution in [-0.2, 0) is 9.59 Å². The van der Waals surface area contributed by atoms with E-state index in [4.69, 9.17) is 0 Å². The molecule has 2 saturated carbocycles. The van der Waals surface area contributed by atoms with Gasteiger partial charge in [-0.25, -0.2) is 4.98 Å². The lowest BCUT2D eigenvalue weighted by atomic mass is 9.93. The Balaban J connectivity index is 1.66. The summed E-state index contributed by atoms with van der Waals surface area (Å²) < 4.78 is 0. The molecule has 0 saturated heterocycles. The van der Waals surface area contributed by atoms with Gasteiger partial charge >= 0.3 is 0 Å². The summed E-state index contributed by atoms with van der Waals surface area (Å²) in [5.74, 6) is 0.199. The van der Waals surface area contributed by atoms with E-state index in [1.165, 1.54) is 17.8 Å². The Kier molecular flexibility index (Phi) is 5.65. The zero-order valence-corrected chi connectivity index (χ0v) is 14.3. The summed E-state index contributed by atoms with van der Waals surface area (Å²) in [5, 5.41) is 5.25. The monoisotopic (exact) mass is 335 g/mol. The largest absolute Gasteiger partial charge is 0.330 e. The first-order valence-electron chi connectivity index (χ1n) is 8.74. The van der Waals surface area contributed by atoms with Crippen LogP contribution < -0.4 is 5.32 Å². The molecule has 2 aliphatic rings. The Labute approximate surface area is 141 Å². The topological polar surface area (TPSA) is 62.3 Å². The van der Waals surface area contributed by atoms with Crippen LogP contribution in [0.25, 0.3) is 0 Å². The van der Waals surface area contributed by atoms with Gasteiger partial charge < -0.3 is 10.2 Å². The molecule has 126 valence electrons. The minimum absolute atomic E-state index is 0.128. The Morgan fingerprint density at radius 2 is 1.83 bits per heavy atom. The number of amides is 2. The first kappa shape index (κ1) is 16.4. The van der Waals surface area contributed by atoms with E-state index in [1.54, 1.807) is 6.20 Å². The fourth-order valence-electron chi connectivity index (χ4n) is 3.79. The molecule has 5 nitrogen and oxygen atoms in total. The minimum atomic E-state index is -0.128. The molecule has 23 heavy (non-hydrogen) atoms. The van der Waals surface area contributed by atoms with E-state index in [1.807, 2.05) is 10.3 Å². The number of thiazole rings is 1. The minimum Gasteiger partial charge on any atom is -0.330 e. The molecule has 0 atom stereocenters. The highest BCUT2D eigenvalue weighted by atomic mass is 32.1. The molecule has 2 fully saturated rings. The van der Waals surface area contributed by atoms with Crippen LogP contribution in [0.1, 0.15) is 57.8 Å². The first-order valence-corrected chi connectivity index (χ1v) is 9.62. The van der Waals surface area contributed by atoms with Gasteiger partial charge in [-0.3, -0.25) is 9.59 Å². The van der Waals surface area contributed by atoms with Crippen LogP contribution in [0, 0.1) is 5.92 Å². The molecule has 0 bridgehead atoms. The molecule has 0 radical (unpaired) electrons. The third-order valence-electron chi connectivity index (χ3n) is 5.00. The van der Waals surface area contributed by atoms with Gasteiger partial charge in [0, 0.05) is 23.5 Å². The Morgan fingerprint density at radius 1 is 1.13 bits per heavy atom. The highest BCUT2D eigenvalue weighted by Gasteiger charge is 2.33. The van der Waals surface area contributed by atoms with Gasteiger partial charge in [0.05, 0.1) is 0 Å². The van der Waals surface area contributed by atoms with Crippen LogP contribution in [0.15, 0.2) is 11.6 Å². The molecule has 2 amide bonds. The van der Waals surface area contributed by atoms with Crippen LogP contribution in [0.3, 0.4) is 0 Å². The zero-order valence-electron chi connectivity index (χ0n) is 13.5. The fraction of sp³-hybridized carbons (Fsp3) is 0.706. The molecule has 1 aromatic heterocycles. The Morgan fingerprint density at radius 3 is 2.48 bits per heavy atom. The average molecular weight is 335 g/mol. The number of aromatic nitrogens is 1. The summed E-state index contributed by atoms with van der Waals surface area (Å²) in [4.78, 5) is 31.2. The van der Waals surface area contributed by atoms with Crippen molar-refractivity contribution in [3.63, 3.8) is 0 Å². The van der Waals surface area contributed by atoms with Crippen LogP contribution >= 0.6 is 11.3 Å². The number of rotatable bonds is 5. The Bertz CT molecular complexity index is 520. The van der Waals surface area contributed by atoms with Crippen molar-refractivity contribution in [1.82, 2.24) is 9.88 Å². The van der Waals surface area contributed by atoms with Crippen molar-refractivity contribution < 1.29 is 9.59 Å². The Hall–Kier alpha value is -1.43. The third-order valence-corrected chi connectivity index (χ3v) is 5.68. The van der Waals surface area contributed by atoms with E-state index >= 15 is 0 Å². The van der Waals surface area contributed by atoms with Crippen molar-refractivity contribution in [2.24, 2.45) is 5.92 Å². The molecule has 0 unspecified atom stereocenters. The van der Waals surface area contributed by atoms with Crippen LogP contribution in [0.5, 0.6) is 0 Å². The number of nitrogens with one attached hydrogen (secondary N) is 1. The molecule has 3 rings (SSSR count). The van der Waals surface area contributed by atoms with Gasteiger partial charge in [0.25, 0.3) is 0 Å². The van der Waals surface area contributed by atoms with Crippen molar-refractivity contribution >= 4 is 28.3 Å². The van der Waals surface area contributed by atoms with E-state index in [-0.39, 0.29) is 30.3 Å². The number of nitrogens with zero attached hydrogens (tertiary/aromatic N) is 2. The van der Waals surface area contributed by atoms with Crippen LogP contribution in [0.4, 0.5) is 5.13 Å². The fourth-order valence-corrected chi connectivity index (χ4v) is 4.33. The molecule has 0 aliphatic heterocycles. The highest BCUT2D eigenvalue weighted by molar-refractivity contribution is 7.13. The quantitative estimate of drug-likeness (QED) is 0.896. The molecular formula is C17H25N3O2S. The summed E-state index contributed by atoms with van der Waals surface area (Å²) >= 11 is 1.40. The van der Waals surface area contributed by atoms with Gasteiger partial charge in [-0.1, -0.05) is 32.1 Å². The second-order valence-corrected chi connectivity index (χ2v) is 7.52. The summed E-state index contributed by atoms with van der Waals surface area (Å²) in [6, 6.07) is 0.235. The summed E-state index contributed by atoms with van der Waals surface area (Å²) in [6.45, 7) is 0.166. The van der Waals surface area contributed by atoms with Gasteiger partial charge in [0.2, 0.25) is 11.8 Å². The van der Waals surface area contributed by atoms with E-state index in [0.29, 0.717) is 5.13 Å². The highest BCUT2D eigenvalue weighted by Crippen LogP contribution is 2.30. The molecule has 0 spiro atoms. The van der Waals surface area contributed by atoms with E-state index < -0.39 is 0 Å². The lowest BCUT2D eigenvalue weighted by Gasteiger charge is -2.35. The van der Waals surface area contributed by atoms with E-state index in [2.05, 4.69) is 10.3 Å².